The number of nitrogens with zero attached hydrogens (tertiary/aromatic N) is 1. The fourth-order valence-electron chi connectivity index (χ4n) is 5.48. The van der Waals surface area contributed by atoms with Crippen LogP contribution in [0.15, 0.2) is 41.3 Å². The van der Waals surface area contributed by atoms with E-state index < -0.39 is 17.0 Å². The molecule has 2 aliphatic heterocycles. The number of alkyl halides is 1. The second-order valence-corrected chi connectivity index (χ2v) is 13.0. The molecule has 42 heavy (non-hydrogen) atoms. The Kier molecular flexibility index (Phi) is 9.52. The Balaban J connectivity index is 1.30. The number of carbonyl (C=O) groups excluding carboxylic acids is 2. The van der Waals surface area contributed by atoms with Crippen LogP contribution in [0, 0.1) is 13.8 Å². The zero-order valence-electron chi connectivity index (χ0n) is 23.5. The van der Waals surface area contributed by atoms with Crippen LogP contribution >= 0.6 is 23.2 Å². The molecule has 2 aliphatic rings. The smallest absolute Gasteiger partial charge is 0.256 e. The number of piperidine rings is 1. The summed E-state index contributed by atoms with van der Waals surface area (Å²) in [6, 6.07) is 10.4. The molecule has 0 aliphatic carbocycles. The third-order valence-corrected chi connectivity index (χ3v) is 9.87. The number of nitrogens with one attached hydrogen (secondary N) is 3. The van der Waals surface area contributed by atoms with Gasteiger partial charge >= 0.3 is 0 Å². The van der Waals surface area contributed by atoms with E-state index in [2.05, 4.69) is 15.6 Å². The molecule has 2 unspecified atom stereocenters. The molecular weight excluding hydrogens is 598 g/mol. The van der Waals surface area contributed by atoms with Crippen LogP contribution in [0.2, 0.25) is 10.0 Å². The van der Waals surface area contributed by atoms with Crippen molar-refractivity contribution in [3.63, 3.8) is 0 Å². The third-order valence-electron chi connectivity index (χ3n) is 7.83. The quantitative estimate of drug-likeness (QED) is 0.259. The molecule has 0 bridgehead atoms. The van der Waals surface area contributed by atoms with Crippen LogP contribution in [-0.4, -0.2) is 58.3 Å². The minimum Gasteiger partial charge on any atom is -0.359 e. The predicted octanol–water partition coefficient (Wildman–Crippen LogP) is 5.83. The van der Waals surface area contributed by atoms with Crippen molar-refractivity contribution in [2.24, 2.45) is 0 Å². The van der Waals surface area contributed by atoms with Gasteiger partial charge in [-0.1, -0.05) is 29.3 Å². The largest absolute Gasteiger partial charge is 0.359 e. The van der Waals surface area contributed by atoms with Gasteiger partial charge in [0.2, 0.25) is 5.91 Å². The van der Waals surface area contributed by atoms with Crippen LogP contribution in [-0.2, 0) is 32.6 Å². The Bertz CT molecular complexity index is 1570. The topological polar surface area (TPSA) is 94.3 Å². The van der Waals surface area contributed by atoms with Gasteiger partial charge in [0.05, 0.1) is 28.5 Å². The van der Waals surface area contributed by atoms with Gasteiger partial charge in [0, 0.05) is 62.8 Å². The Morgan fingerprint density at radius 1 is 1.19 bits per heavy atom. The summed E-state index contributed by atoms with van der Waals surface area (Å²) >= 11 is 12.6. The number of hydrogen-bond acceptors (Lipinski definition) is 4. The van der Waals surface area contributed by atoms with E-state index in [0.717, 1.165) is 35.5 Å². The summed E-state index contributed by atoms with van der Waals surface area (Å²) < 4.78 is 26.9. The van der Waals surface area contributed by atoms with Crippen LogP contribution in [0.3, 0.4) is 0 Å². The molecule has 2 atom stereocenters. The zero-order chi connectivity index (χ0) is 30.0. The number of amides is 2. The molecule has 5 rings (SSSR count). The van der Waals surface area contributed by atoms with E-state index in [1.807, 2.05) is 18.7 Å². The average Bonchev–Trinajstić information content (AvgIpc) is 3.40. The van der Waals surface area contributed by atoms with E-state index in [1.165, 1.54) is 0 Å². The van der Waals surface area contributed by atoms with Crippen LogP contribution in [0.1, 0.15) is 46.5 Å². The number of H-pyrrole nitrogens is 1. The molecule has 7 nitrogen and oxygen atoms in total. The first-order valence-electron chi connectivity index (χ1n) is 13.9. The molecule has 1 aromatic heterocycles. The molecular formula is C31H33Cl2FN4O3S. The molecule has 2 amide bonds. The predicted molar refractivity (Wildman–Crippen MR) is 167 cm³/mol. The number of aromatic amines is 1. The Morgan fingerprint density at radius 3 is 2.69 bits per heavy atom. The van der Waals surface area contributed by atoms with E-state index in [0.29, 0.717) is 63.4 Å². The number of hydrogen-bond donors (Lipinski definition) is 3. The van der Waals surface area contributed by atoms with Gasteiger partial charge in [-0.15, -0.1) is 0 Å². The third kappa shape index (κ3) is 6.80. The van der Waals surface area contributed by atoms with E-state index in [-0.39, 0.29) is 24.0 Å². The number of halogens is 3. The lowest BCUT2D eigenvalue weighted by molar-refractivity contribution is -0.120. The highest BCUT2D eigenvalue weighted by atomic mass is 35.5. The van der Waals surface area contributed by atoms with Crippen molar-refractivity contribution in [2.45, 2.75) is 49.9 Å². The second kappa shape index (κ2) is 13.1. The molecule has 0 spiro atoms. The van der Waals surface area contributed by atoms with Gasteiger partial charge in [0.15, 0.2) is 0 Å². The van der Waals surface area contributed by atoms with Gasteiger partial charge in [0.25, 0.3) is 5.91 Å². The summed E-state index contributed by atoms with van der Waals surface area (Å²) in [6.45, 7) is 6.19. The van der Waals surface area contributed by atoms with Crippen molar-refractivity contribution in [2.75, 3.05) is 31.5 Å². The van der Waals surface area contributed by atoms with Crippen molar-refractivity contribution >= 4 is 63.2 Å². The SMILES string of the molecule is Cc1[nH]c(/C=C2\C(=O)Nc3ccc(S(=O)Cc4c(Cl)cccc4Cl)cc32)c(C)c1CC(=O)NCCN1CCCC(F)C1. The van der Waals surface area contributed by atoms with Crippen molar-refractivity contribution in [3.05, 3.63) is 80.1 Å². The van der Waals surface area contributed by atoms with Crippen molar-refractivity contribution < 1.29 is 18.2 Å². The number of aryl methyl sites for hydroxylation is 1. The Labute approximate surface area is 257 Å². The van der Waals surface area contributed by atoms with Crippen molar-refractivity contribution in [1.82, 2.24) is 15.2 Å². The van der Waals surface area contributed by atoms with Gasteiger partial charge < -0.3 is 15.6 Å². The molecule has 3 heterocycles. The number of carbonyl (C=O) groups is 2. The summed E-state index contributed by atoms with van der Waals surface area (Å²) in [7, 11) is -1.45. The first-order valence-corrected chi connectivity index (χ1v) is 16.0. The molecule has 0 radical (unpaired) electrons. The number of benzene rings is 2. The molecule has 1 saturated heterocycles. The summed E-state index contributed by atoms with van der Waals surface area (Å²) in [4.78, 5) is 31.6. The molecule has 3 N–H and O–H groups in total. The lowest BCUT2D eigenvalue weighted by atomic mass is 10.0. The number of rotatable bonds is 9. The highest BCUT2D eigenvalue weighted by Crippen LogP contribution is 2.36. The first-order chi connectivity index (χ1) is 20.1. The van der Waals surface area contributed by atoms with Crippen molar-refractivity contribution in [1.29, 1.82) is 0 Å². The number of likely N-dealkylation sites (tertiary alicyclic amines) is 1. The highest BCUT2D eigenvalue weighted by Gasteiger charge is 2.27. The second-order valence-electron chi connectivity index (χ2n) is 10.7. The molecule has 1 fully saturated rings. The van der Waals surface area contributed by atoms with Gasteiger partial charge in [0.1, 0.15) is 6.17 Å². The number of anilines is 1. The van der Waals surface area contributed by atoms with E-state index in [4.69, 9.17) is 23.2 Å². The molecule has 2 aromatic carbocycles. The Morgan fingerprint density at radius 2 is 1.95 bits per heavy atom. The van der Waals surface area contributed by atoms with Gasteiger partial charge in [-0.3, -0.25) is 18.7 Å². The van der Waals surface area contributed by atoms with Gasteiger partial charge in [-0.25, -0.2) is 4.39 Å². The molecule has 3 aromatic rings. The first kappa shape index (κ1) is 30.5. The van der Waals surface area contributed by atoms with Crippen LogP contribution in [0.25, 0.3) is 11.6 Å². The molecule has 222 valence electrons. The zero-order valence-corrected chi connectivity index (χ0v) is 25.8. The maximum absolute atomic E-state index is 13.6. The fourth-order valence-corrected chi connectivity index (χ4v) is 7.38. The summed E-state index contributed by atoms with van der Waals surface area (Å²) in [5, 5.41) is 6.73. The standard InChI is InChI=1S/C31H33Cl2FN4O3S/c1-18-22(15-30(39)35-10-12-38-11-4-5-20(34)16-38)19(2)36-29(18)14-24-23-13-21(8-9-28(23)37-31(24)40)42(41)17-25-26(32)6-3-7-27(25)33/h3,6-9,13-14,20,36H,4-5,10-12,15-17H2,1-2H3,(H,35,39)(H,37,40)/b24-14-. The fraction of sp³-hybridized carbons (Fsp3) is 0.355. The molecule has 11 heteroatoms. The minimum absolute atomic E-state index is 0.108. The van der Waals surface area contributed by atoms with Crippen molar-refractivity contribution in [3.8, 4) is 0 Å². The maximum Gasteiger partial charge on any atom is 0.256 e. The van der Waals surface area contributed by atoms with E-state index >= 15 is 0 Å². The lowest BCUT2D eigenvalue weighted by Gasteiger charge is -2.28. The summed E-state index contributed by atoms with van der Waals surface area (Å²) in [5.41, 5.74) is 5.64. The van der Waals surface area contributed by atoms with E-state index in [9.17, 15) is 18.2 Å². The number of aromatic nitrogens is 1. The van der Waals surface area contributed by atoms with Gasteiger partial charge in [-0.2, -0.15) is 0 Å². The monoisotopic (exact) mass is 630 g/mol. The average molecular weight is 632 g/mol. The van der Waals surface area contributed by atoms with Gasteiger partial charge in [-0.05, 0) is 80.8 Å². The highest BCUT2D eigenvalue weighted by molar-refractivity contribution is 7.84. The van der Waals surface area contributed by atoms with E-state index in [1.54, 1.807) is 42.5 Å². The normalized spacial score (nSPS) is 18.6. The van der Waals surface area contributed by atoms with Crippen LogP contribution < -0.4 is 10.6 Å². The van der Waals surface area contributed by atoms with Crippen LogP contribution in [0.4, 0.5) is 10.1 Å². The van der Waals surface area contributed by atoms with Crippen LogP contribution in [0.5, 0.6) is 0 Å². The number of fused-ring (bicyclic) bond motifs is 1. The maximum atomic E-state index is 13.6. The summed E-state index contributed by atoms with van der Waals surface area (Å²) in [6.07, 6.45) is 2.63. The summed E-state index contributed by atoms with van der Waals surface area (Å²) in [5.74, 6) is -0.226. The Hall–Kier alpha value is -2.98. The minimum atomic E-state index is -1.45. The lowest BCUT2D eigenvalue weighted by Crippen LogP contribution is -2.41. The molecule has 0 saturated carbocycles.